The Morgan fingerprint density at radius 3 is 2.62 bits per heavy atom. The molecule has 2 aliphatic rings. The molecule has 16 heavy (non-hydrogen) atoms. The maximum atomic E-state index is 3.44. The van der Waals surface area contributed by atoms with Gasteiger partial charge in [-0.1, -0.05) is 0 Å². The van der Waals surface area contributed by atoms with Crippen molar-refractivity contribution in [3.8, 4) is 0 Å². The Labute approximate surface area is 100 Å². The van der Waals surface area contributed by atoms with Crippen LogP contribution in [0.3, 0.4) is 0 Å². The first-order chi connectivity index (χ1) is 7.75. The summed E-state index contributed by atoms with van der Waals surface area (Å²) in [4.78, 5) is 5.06. The van der Waals surface area contributed by atoms with Crippen LogP contribution in [0.25, 0.3) is 0 Å². The minimum absolute atomic E-state index is 0.834. The highest BCUT2D eigenvalue weighted by atomic mass is 15.1. The first kappa shape index (κ1) is 12.3. The van der Waals surface area contributed by atoms with Gasteiger partial charge in [-0.3, -0.25) is 0 Å². The van der Waals surface area contributed by atoms with Crippen molar-refractivity contribution in [2.45, 2.75) is 31.7 Å². The van der Waals surface area contributed by atoms with E-state index in [9.17, 15) is 0 Å². The third kappa shape index (κ3) is 3.44. The van der Waals surface area contributed by atoms with E-state index in [2.05, 4.69) is 29.2 Å². The van der Waals surface area contributed by atoms with Crippen LogP contribution in [0.2, 0.25) is 0 Å². The lowest BCUT2D eigenvalue weighted by molar-refractivity contribution is 0.187. The standard InChI is InChI=1S/C13H27N3/c1-15-9-5-12(11-15)6-10-16(2)13-3-7-14-8-4-13/h12-14H,3-11H2,1-2H3. The lowest BCUT2D eigenvalue weighted by Gasteiger charge is -2.32. The van der Waals surface area contributed by atoms with Crippen LogP contribution in [0, 0.1) is 5.92 Å². The lowest BCUT2D eigenvalue weighted by atomic mass is 10.0. The molecule has 2 saturated heterocycles. The molecule has 0 amide bonds. The van der Waals surface area contributed by atoms with Gasteiger partial charge in [0, 0.05) is 12.6 Å². The van der Waals surface area contributed by atoms with Crippen LogP contribution in [-0.4, -0.2) is 62.7 Å². The monoisotopic (exact) mass is 225 g/mol. The van der Waals surface area contributed by atoms with E-state index in [0.717, 1.165) is 12.0 Å². The molecule has 2 rings (SSSR count). The molecule has 2 fully saturated rings. The summed E-state index contributed by atoms with van der Waals surface area (Å²) in [6.07, 6.45) is 5.48. The summed E-state index contributed by atoms with van der Waals surface area (Å²) in [5.41, 5.74) is 0. The molecule has 0 saturated carbocycles. The molecule has 2 aliphatic heterocycles. The summed E-state index contributed by atoms with van der Waals surface area (Å²) >= 11 is 0. The molecule has 0 bridgehead atoms. The van der Waals surface area contributed by atoms with E-state index in [1.54, 1.807) is 0 Å². The van der Waals surface area contributed by atoms with E-state index in [1.165, 1.54) is 58.4 Å². The van der Waals surface area contributed by atoms with Crippen LogP contribution < -0.4 is 5.32 Å². The quantitative estimate of drug-likeness (QED) is 0.770. The zero-order valence-corrected chi connectivity index (χ0v) is 10.9. The van der Waals surface area contributed by atoms with E-state index in [-0.39, 0.29) is 0 Å². The maximum Gasteiger partial charge on any atom is 0.0116 e. The normalized spacial score (nSPS) is 29.1. The smallest absolute Gasteiger partial charge is 0.0116 e. The van der Waals surface area contributed by atoms with E-state index < -0.39 is 0 Å². The van der Waals surface area contributed by atoms with Crippen LogP contribution in [-0.2, 0) is 0 Å². The fraction of sp³-hybridized carbons (Fsp3) is 1.00. The fourth-order valence-corrected chi connectivity index (χ4v) is 3.08. The van der Waals surface area contributed by atoms with Gasteiger partial charge in [0.25, 0.3) is 0 Å². The molecule has 1 atom stereocenters. The van der Waals surface area contributed by atoms with Crippen molar-refractivity contribution in [1.82, 2.24) is 15.1 Å². The van der Waals surface area contributed by atoms with Crippen LogP contribution in [0.15, 0.2) is 0 Å². The molecule has 0 aromatic rings. The summed E-state index contributed by atoms with van der Waals surface area (Å²) in [5.74, 6) is 0.953. The van der Waals surface area contributed by atoms with Gasteiger partial charge in [-0.25, -0.2) is 0 Å². The first-order valence-electron chi connectivity index (χ1n) is 6.85. The fourth-order valence-electron chi connectivity index (χ4n) is 3.08. The third-order valence-corrected chi connectivity index (χ3v) is 4.31. The molecule has 3 heteroatoms. The van der Waals surface area contributed by atoms with Crippen molar-refractivity contribution in [3.63, 3.8) is 0 Å². The number of rotatable bonds is 4. The largest absolute Gasteiger partial charge is 0.317 e. The molecule has 94 valence electrons. The predicted octanol–water partition coefficient (Wildman–Crippen LogP) is 1.01. The topological polar surface area (TPSA) is 18.5 Å². The molecule has 0 aliphatic carbocycles. The molecule has 2 heterocycles. The van der Waals surface area contributed by atoms with Gasteiger partial charge in [-0.15, -0.1) is 0 Å². The van der Waals surface area contributed by atoms with Crippen LogP contribution in [0.1, 0.15) is 25.7 Å². The molecular formula is C13H27N3. The summed E-state index contributed by atoms with van der Waals surface area (Å²) in [6, 6.07) is 0.834. The maximum absolute atomic E-state index is 3.44. The van der Waals surface area contributed by atoms with Gasteiger partial charge >= 0.3 is 0 Å². The Morgan fingerprint density at radius 1 is 1.25 bits per heavy atom. The highest BCUT2D eigenvalue weighted by Gasteiger charge is 2.22. The van der Waals surface area contributed by atoms with Crippen molar-refractivity contribution in [2.24, 2.45) is 5.92 Å². The van der Waals surface area contributed by atoms with Gasteiger partial charge < -0.3 is 15.1 Å². The number of nitrogens with zero attached hydrogens (tertiary/aromatic N) is 2. The van der Waals surface area contributed by atoms with Crippen molar-refractivity contribution >= 4 is 0 Å². The number of nitrogens with one attached hydrogen (secondary N) is 1. The number of likely N-dealkylation sites (tertiary alicyclic amines) is 1. The van der Waals surface area contributed by atoms with Gasteiger partial charge in [0.05, 0.1) is 0 Å². The van der Waals surface area contributed by atoms with E-state index >= 15 is 0 Å². The second kappa shape index (κ2) is 5.99. The lowest BCUT2D eigenvalue weighted by Crippen LogP contribution is -2.41. The molecule has 0 radical (unpaired) electrons. The molecule has 3 nitrogen and oxygen atoms in total. The second-order valence-corrected chi connectivity index (χ2v) is 5.67. The zero-order valence-electron chi connectivity index (χ0n) is 10.9. The molecule has 0 aromatic heterocycles. The van der Waals surface area contributed by atoms with Gasteiger partial charge in [-0.05, 0) is 71.9 Å². The van der Waals surface area contributed by atoms with Gasteiger partial charge in [0.1, 0.15) is 0 Å². The highest BCUT2D eigenvalue weighted by molar-refractivity contribution is 4.78. The SMILES string of the molecule is CN1CCC(CCN(C)C2CCNCC2)C1. The summed E-state index contributed by atoms with van der Waals surface area (Å²) in [5, 5.41) is 3.44. The molecule has 1 N–H and O–H groups in total. The number of hydrogen-bond donors (Lipinski definition) is 1. The van der Waals surface area contributed by atoms with E-state index in [0.29, 0.717) is 0 Å². The predicted molar refractivity (Wildman–Crippen MR) is 68.7 cm³/mol. The average Bonchev–Trinajstić information content (AvgIpc) is 2.73. The minimum Gasteiger partial charge on any atom is -0.317 e. The van der Waals surface area contributed by atoms with Crippen LogP contribution in [0.5, 0.6) is 0 Å². The zero-order chi connectivity index (χ0) is 11.4. The molecule has 0 spiro atoms. The molecular weight excluding hydrogens is 198 g/mol. The Bertz CT molecular complexity index is 201. The number of hydrogen-bond acceptors (Lipinski definition) is 3. The third-order valence-electron chi connectivity index (χ3n) is 4.31. The Morgan fingerprint density at radius 2 is 2.00 bits per heavy atom. The van der Waals surface area contributed by atoms with Crippen LogP contribution >= 0.6 is 0 Å². The summed E-state index contributed by atoms with van der Waals surface area (Å²) in [7, 11) is 4.56. The average molecular weight is 225 g/mol. The Kier molecular flexibility index (Phi) is 4.62. The van der Waals surface area contributed by atoms with E-state index in [4.69, 9.17) is 0 Å². The van der Waals surface area contributed by atoms with Crippen molar-refractivity contribution in [3.05, 3.63) is 0 Å². The minimum atomic E-state index is 0.834. The van der Waals surface area contributed by atoms with Gasteiger partial charge in [0.2, 0.25) is 0 Å². The summed E-state index contributed by atoms with van der Waals surface area (Å²) < 4.78 is 0. The number of piperidine rings is 1. The van der Waals surface area contributed by atoms with Crippen molar-refractivity contribution < 1.29 is 0 Å². The first-order valence-corrected chi connectivity index (χ1v) is 6.85. The van der Waals surface area contributed by atoms with Gasteiger partial charge in [0.15, 0.2) is 0 Å². The van der Waals surface area contributed by atoms with Crippen molar-refractivity contribution in [1.29, 1.82) is 0 Å². The molecule has 0 aromatic carbocycles. The van der Waals surface area contributed by atoms with Gasteiger partial charge in [-0.2, -0.15) is 0 Å². The van der Waals surface area contributed by atoms with Crippen molar-refractivity contribution in [2.75, 3.05) is 46.8 Å². The Balaban J connectivity index is 1.64. The van der Waals surface area contributed by atoms with E-state index in [1.807, 2.05) is 0 Å². The summed E-state index contributed by atoms with van der Waals surface area (Å²) in [6.45, 7) is 6.34. The molecule has 1 unspecified atom stereocenters. The van der Waals surface area contributed by atoms with Crippen LogP contribution in [0.4, 0.5) is 0 Å². The Hall–Kier alpha value is -0.120. The second-order valence-electron chi connectivity index (χ2n) is 5.67. The highest BCUT2D eigenvalue weighted by Crippen LogP contribution is 2.19.